The van der Waals surface area contributed by atoms with Crippen LogP contribution < -0.4 is 5.73 Å². The zero-order chi connectivity index (χ0) is 16.1. The molecule has 1 amide bonds. The Morgan fingerprint density at radius 3 is 2.41 bits per heavy atom. The second-order valence-corrected chi connectivity index (χ2v) is 6.30. The Balaban J connectivity index is 1.90. The molecule has 2 rings (SSSR count). The van der Waals surface area contributed by atoms with Gasteiger partial charge in [-0.25, -0.2) is 0 Å². The van der Waals surface area contributed by atoms with Crippen molar-refractivity contribution in [1.29, 1.82) is 0 Å². The fraction of sp³-hybridized carbons (Fsp3) is 0.529. The summed E-state index contributed by atoms with van der Waals surface area (Å²) in [5.74, 6) is 0.133. The number of nitrogens with zero attached hydrogens (tertiary/aromatic N) is 1. The molecule has 4 nitrogen and oxygen atoms in total. The lowest BCUT2D eigenvalue weighted by atomic mass is 9.88. The first-order valence-corrected chi connectivity index (χ1v) is 8.25. The minimum atomic E-state index is -0.409. The molecule has 1 heterocycles. The molecule has 0 bridgehead atoms. The average molecular weight is 323 g/mol. The van der Waals surface area contributed by atoms with E-state index in [0.29, 0.717) is 42.9 Å². The van der Waals surface area contributed by atoms with E-state index >= 15 is 0 Å². The van der Waals surface area contributed by atoms with Gasteiger partial charge in [0.05, 0.1) is 6.04 Å². The summed E-state index contributed by atoms with van der Waals surface area (Å²) in [6.45, 7) is 3.24. The van der Waals surface area contributed by atoms with Crippen molar-refractivity contribution in [3.8, 4) is 0 Å². The van der Waals surface area contributed by atoms with Gasteiger partial charge in [0.25, 0.3) is 0 Å². The fourth-order valence-electron chi connectivity index (χ4n) is 2.88. The first-order valence-electron chi connectivity index (χ1n) is 7.87. The molecule has 1 aromatic rings. The van der Waals surface area contributed by atoms with Crippen LogP contribution in [-0.2, 0) is 4.79 Å². The van der Waals surface area contributed by atoms with E-state index in [0.717, 1.165) is 6.42 Å². The van der Waals surface area contributed by atoms with Gasteiger partial charge in [0.15, 0.2) is 5.78 Å². The maximum absolute atomic E-state index is 12.5. The van der Waals surface area contributed by atoms with Gasteiger partial charge in [0, 0.05) is 29.6 Å². The summed E-state index contributed by atoms with van der Waals surface area (Å²) in [6, 6.07) is 6.58. The Hall–Kier alpha value is -1.39. The van der Waals surface area contributed by atoms with Crippen LogP contribution in [0.15, 0.2) is 24.3 Å². The Kier molecular flexibility index (Phi) is 5.98. The molecule has 2 N–H and O–H groups in total. The lowest BCUT2D eigenvalue weighted by Gasteiger charge is -2.33. The summed E-state index contributed by atoms with van der Waals surface area (Å²) in [5, 5.41) is 0.627. The third-order valence-electron chi connectivity index (χ3n) is 4.22. The van der Waals surface area contributed by atoms with E-state index in [9.17, 15) is 9.59 Å². The highest BCUT2D eigenvalue weighted by molar-refractivity contribution is 6.30. The Labute approximate surface area is 136 Å². The van der Waals surface area contributed by atoms with E-state index in [1.807, 2.05) is 6.92 Å². The standard InChI is InChI=1S/C17H23ClN2O2/c1-2-3-15(19)17(22)20-10-8-13(9-11-20)16(21)12-4-6-14(18)7-5-12/h4-7,13,15H,2-3,8-11,19H2,1H3. The van der Waals surface area contributed by atoms with Crippen molar-refractivity contribution < 1.29 is 9.59 Å². The van der Waals surface area contributed by atoms with E-state index in [4.69, 9.17) is 17.3 Å². The zero-order valence-corrected chi connectivity index (χ0v) is 13.7. The van der Waals surface area contributed by atoms with E-state index in [-0.39, 0.29) is 17.6 Å². The van der Waals surface area contributed by atoms with Crippen LogP contribution in [-0.4, -0.2) is 35.7 Å². The molecule has 0 aliphatic carbocycles. The number of benzene rings is 1. The molecular formula is C17H23ClN2O2. The van der Waals surface area contributed by atoms with Crippen molar-refractivity contribution in [2.45, 2.75) is 38.6 Å². The van der Waals surface area contributed by atoms with E-state index in [1.165, 1.54) is 0 Å². The molecule has 1 aromatic carbocycles. The van der Waals surface area contributed by atoms with Crippen molar-refractivity contribution in [3.63, 3.8) is 0 Å². The van der Waals surface area contributed by atoms with Crippen LogP contribution in [0.5, 0.6) is 0 Å². The van der Waals surface area contributed by atoms with Gasteiger partial charge >= 0.3 is 0 Å². The van der Waals surface area contributed by atoms with Gasteiger partial charge in [-0.3, -0.25) is 9.59 Å². The third kappa shape index (κ3) is 4.08. The number of halogens is 1. The smallest absolute Gasteiger partial charge is 0.239 e. The van der Waals surface area contributed by atoms with E-state index < -0.39 is 6.04 Å². The van der Waals surface area contributed by atoms with Crippen LogP contribution in [0.1, 0.15) is 43.0 Å². The Morgan fingerprint density at radius 1 is 1.27 bits per heavy atom. The van der Waals surface area contributed by atoms with Crippen LogP contribution in [0, 0.1) is 5.92 Å². The van der Waals surface area contributed by atoms with E-state index in [1.54, 1.807) is 29.2 Å². The SMILES string of the molecule is CCCC(N)C(=O)N1CCC(C(=O)c2ccc(Cl)cc2)CC1. The lowest BCUT2D eigenvalue weighted by Crippen LogP contribution is -2.47. The number of Topliss-reactive ketones (excluding diaryl/α,β-unsaturated/α-hetero) is 1. The monoisotopic (exact) mass is 322 g/mol. The summed E-state index contributed by atoms with van der Waals surface area (Å²) in [4.78, 5) is 26.4. The van der Waals surface area contributed by atoms with Crippen LogP contribution in [0.25, 0.3) is 0 Å². The molecule has 1 aliphatic heterocycles. The highest BCUT2D eigenvalue weighted by atomic mass is 35.5. The number of rotatable bonds is 5. The summed E-state index contributed by atoms with van der Waals surface area (Å²) in [5.41, 5.74) is 6.58. The number of amides is 1. The molecule has 0 saturated carbocycles. The zero-order valence-electron chi connectivity index (χ0n) is 12.9. The number of likely N-dealkylation sites (tertiary alicyclic amines) is 1. The predicted octanol–water partition coefficient (Wildman–Crippen LogP) is 2.89. The minimum absolute atomic E-state index is 0.0132. The van der Waals surface area contributed by atoms with Crippen molar-refractivity contribution in [2.75, 3.05) is 13.1 Å². The molecule has 120 valence electrons. The predicted molar refractivity (Wildman–Crippen MR) is 88.0 cm³/mol. The molecule has 0 spiro atoms. The van der Waals surface area contributed by atoms with Crippen LogP contribution in [0.3, 0.4) is 0 Å². The normalized spacial score (nSPS) is 17.3. The molecular weight excluding hydrogens is 300 g/mol. The minimum Gasteiger partial charge on any atom is -0.341 e. The third-order valence-corrected chi connectivity index (χ3v) is 4.48. The highest BCUT2D eigenvalue weighted by Crippen LogP contribution is 2.23. The molecule has 1 saturated heterocycles. The maximum atomic E-state index is 12.5. The van der Waals surface area contributed by atoms with E-state index in [2.05, 4.69) is 0 Å². The van der Waals surface area contributed by atoms with Crippen LogP contribution in [0.2, 0.25) is 5.02 Å². The summed E-state index contributed by atoms with van der Waals surface area (Å²) in [6.07, 6.45) is 3.01. The van der Waals surface area contributed by atoms with Crippen molar-refractivity contribution in [2.24, 2.45) is 11.7 Å². The lowest BCUT2D eigenvalue weighted by molar-refractivity contribution is -0.134. The molecule has 0 aromatic heterocycles. The first-order chi connectivity index (χ1) is 10.5. The number of piperidine rings is 1. The number of carbonyl (C=O) groups is 2. The molecule has 1 fully saturated rings. The van der Waals surface area contributed by atoms with Gasteiger partial charge in [-0.15, -0.1) is 0 Å². The number of hydrogen-bond donors (Lipinski definition) is 1. The second-order valence-electron chi connectivity index (χ2n) is 5.87. The molecule has 22 heavy (non-hydrogen) atoms. The van der Waals surface area contributed by atoms with Crippen molar-refractivity contribution >= 4 is 23.3 Å². The molecule has 1 atom stereocenters. The van der Waals surface area contributed by atoms with Gasteiger partial charge in [-0.1, -0.05) is 24.9 Å². The van der Waals surface area contributed by atoms with Gasteiger partial charge in [-0.05, 0) is 43.5 Å². The Bertz CT molecular complexity index is 522. The fourth-order valence-corrected chi connectivity index (χ4v) is 3.01. The number of nitrogens with two attached hydrogens (primary N) is 1. The maximum Gasteiger partial charge on any atom is 0.239 e. The van der Waals surface area contributed by atoms with Gasteiger partial charge in [0.2, 0.25) is 5.91 Å². The molecule has 1 unspecified atom stereocenters. The van der Waals surface area contributed by atoms with Crippen LogP contribution >= 0.6 is 11.6 Å². The summed E-state index contributed by atoms with van der Waals surface area (Å²) in [7, 11) is 0. The molecule has 1 aliphatic rings. The summed E-state index contributed by atoms with van der Waals surface area (Å²) >= 11 is 5.84. The van der Waals surface area contributed by atoms with Crippen LogP contribution in [0.4, 0.5) is 0 Å². The first kappa shape index (κ1) is 17.0. The van der Waals surface area contributed by atoms with Gasteiger partial charge in [-0.2, -0.15) is 0 Å². The van der Waals surface area contributed by atoms with Crippen molar-refractivity contribution in [1.82, 2.24) is 4.90 Å². The number of ketones is 1. The average Bonchev–Trinajstić information content (AvgIpc) is 2.54. The summed E-state index contributed by atoms with van der Waals surface area (Å²) < 4.78 is 0. The largest absolute Gasteiger partial charge is 0.341 e. The Morgan fingerprint density at radius 2 is 1.86 bits per heavy atom. The number of carbonyl (C=O) groups excluding carboxylic acids is 2. The molecule has 5 heteroatoms. The van der Waals surface area contributed by atoms with Gasteiger partial charge < -0.3 is 10.6 Å². The molecule has 0 radical (unpaired) electrons. The van der Waals surface area contributed by atoms with Gasteiger partial charge in [0.1, 0.15) is 0 Å². The second kappa shape index (κ2) is 7.75. The quantitative estimate of drug-likeness (QED) is 0.848. The van der Waals surface area contributed by atoms with Crippen molar-refractivity contribution in [3.05, 3.63) is 34.9 Å². The highest BCUT2D eigenvalue weighted by Gasteiger charge is 2.29. The topological polar surface area (TPSA) is 63.4 Å². The number of hydrogen-bond acceptors (Lipinski definition) is 3.